The van der Waals surface area contributed by atoms with Crippen molar-refractivity contribution in [3.63, 3.8) is 0 Å². The van der Waals surface area contributed by atoms with Crippen LogP contribution in [0.5, 0.6) is 5.75 Å². The van der Waals surface area contributed by atoms with Crippen LogP contribution in [0.4, 0.5) is 5.69 Å². The quantitative estimate of drug-likeness (QED) is 0.302. The number of ketones is 1. The molecule has 1 amide bonds. The minimum atomic E-state index is -0.532. The van der Waals surface area contributed by atoms with Crippen molar-refractivity contribution >= 4 is 46.8 Å². The van der Waals surface area contributed by atoms with E-state index in [1.807, 2.05) is 25.1 Å². The first-order valence-electron chi connectivity index (χ1n) is 8.28. The highest BCUT2D eigenvalue weighted by Crippen LogP contribution is 2.24. The predicted octanol–water partition coefficient (Wildman–Crippen LogP) is 4.08. The van der Waals surface area contributed by atoms with Gasteiger partial charge >= 0.3 is 0 Å². The summed E-state index contributed by atoms with van der Waals surface area (Å²) in [7, 11) is 1.51. The lowest BCUT2D eigenvalue weighted by Crippen LogP contribution is -2.20. The number of benzene rings is 2. The molecule has 0 aliphatic heterocycles. The second-order valence-corrected chi connectivity index (χ2v) is 6.46. The summed E-state index contributed by atoms with van der Waals surface area (Å²) >= 11 is 5.36. The number of nitrogens with zero attached hydrogens (tertiary/aromatic N) is 1. The highest BCUT2D eigenvalue weighted by atomic mass is 32.1. The molecule has 2 aromatic carbocycles. The molecular formula is C20H19N3O3S. The van der Waals surface area contributed by atoms with Gasteiger partial charge in [0.2, 0.25) is 0 Å². The van der Waals surface area contributed by atoms with Gasteiger partial charge < -0.3 is 15.0 Å². The molecule has 0 unspecified atom stereocenters. The van der Waals surface area contributed by atoms with Gasteiger partial charge in [-0.25, -0.2) is 0 Å². The molecule has 6 nitrogen and oxygen atoms in total. The number of fused-ring (bicyclic) bond motifs is 1. The summed E-state index contributed by atoms with van der Waals surface area (Å²) in [5.41, 5.74) is 3.17. The molecule has 0 fully saturated rings. The van der Waals surface area contributed by atoms with E-state index in [1.165, 1.54) is 20.2 Å². The maximum absolute atomic E-state index is 12.7. The van der Waals surface area contributed by atoms with Crippen LogP contribution < -0.4 is 10.1 Å². The van der Waals surface area contributed by atoms with Gasteiger partial charge in [0.25, 0.3) is 5.91 Å². The molecule has 0 spiro atoms. The van der Waals surface area contributed by atoms with Crippen molar-refractivity contribution in [2.45, 2.75) is 13.8 Å². The molecule has 1 heterocycles. The van der Waals surface area contributed by atoms with Gasteiger partial charge in [-0.15, -0.1) is 0 Å². The van der Waals surface area contributed by atoms with Gasteiger partial charge in [0.1, 0.15) is 5.75 Å². The van der Waals surface area contributed by atoms with Crippen molar-refractivity contribution < 1.29 is 14.3 Å². The number of H-pyrrole nitrogens is 1. The number of imidazole rings is 1. The lowest BCUT2D eigenvalue weighted by atomic mass is 10.1. The summed E-state index contributed by atoms with van der Waals surface area (Å²) < 4.78 is 7.26. The van der Waals surface area contributed by atoms with Crippen molar-refractivity contribution in [1.29, 1.82) is 0 Å². The second kappa shape index (κ2) is 7.59. The number of methoxy groups -OCH3 is 1. The van der Waals surface area contributed by atoms with Crippen molar-refractivity contribution in [2.24, 2.45) is 0 Å². The maximum Gasteiger partial charge on any atom is 0.260 e. The third-order valence-corrected chi connectivity index (χ3v) is 4.41. The van der Waals surface area contributed by atoms with Gasteiger partial charge in [0.05, 0.1) is 29.4 Å². The molecular weight excluding hydrogens is 362 g/mol. The zero-order valence-corrected chi connectivity index (χ0v) is 16.0. The van der Waals surface area contributed by atoms with Crippen molar-refractivity contribution in [2.75, 3.05) is 12.4 Å². The zero-order valence-electron chi connectivity index (χ0n) is 15.2. The van der Waals surface area contributed by atoms with Crippen LogP contribution in [0.1, 0.15) is 12.5 Å². The molecule has 0 aliphatic carbocycles. The summed E-state index contributed by atoms with van der Waals surface area (Å²) in [5, 5.41) is 2.72. The maximum atomic E-state index is 12.7. The van der Waals surface area contributed by atoms with E-state index in [2.05, 4.69) is 10.3 Å². The predicted molar refractivity (Wildman–Crippen MR) is 108 cm³/mol. The van der Waals surface area contributed by atoms with Crippen LogP contribution in [-0.2, 0) is 9.59 Å². The molecule has 138 valence electrons. The minimum Gasteiger partial charge on any atom is -0.495 e. The Labute approximate surface area is 161 Å². The number of para-hydroxylation sites is 2. The molecule has 1 aromatic heterocycles. The molecule has 0 radical (unpaired) electrons. The Morgan fingerprint density at radius 3 is 2.67 bits per heavy atom. The van der Waals surface area contributed by atoms with Gasteiger partial charge in [-0.1, -0.05) is 18.2 Å². The van der Waals surface area contributed by atoms with Crippen LogP contribution in [-0.4, -0.2) is 28.4 Å². The molecule has 0 atom stereocenters. The number of Topliss-reactive ketones (excluding diaryl/α,β-unsaturated/α-hetero) is 1. The lowest BCUT2D eigenvalue weighted by Gasteiger charge is -2.11. The van der Waals surface area contributed by atoms with Gasteiger partial charge in [0, 0.05) is 6.20 Å². The number of ether oxygens (including phenoxy) is 1. The molecule has 0 aliphatic rings. The number of rotatable bonds is 5. The Morgan fingerprint density at radius 1 is 1.22 bits per heavy atom. The highest BCUT2D eigenvalue weighted by molar-refractivity contribution is 7.71. The fourth-order valence-electron chi connectivity index (χ4n) is 2.75. The number of nitrogens with one attached hydrogen (secondary N) is 2. The van der Waals surface area contributed by atoms with Gasteiger partial charge in [0.15, 0.2) is 10.6 Å². The second-order valence-electron chi connectivity index (χ2n) is 6.07. The van der Waals surface area contributed by atoms with Crippen LogP contribution in [0.2, 0.25) is 0 Å². The fraction of sp³-hybridized carbons (Fsp3) is 0.150. The molecule has 7 heteroatoms. The number of hydrogen-bond acceptors (Lipinski definition) is 4. The fourth-order valence-corrected chi connectivity index (χ4v) is 3.01. The molecule has 3 aromatic rings. The highest BCUT2D eigenvalue weighted by Gasteiger charge is 2.17. The van der Waals surface area contributed by atoms with Crippen LogP contribution in [0, 0.1) is 11.7 Å². The topological polar surface area (TPSA) is 76.1 Å². The number of carbonyl (C=O) groups is 2. The van der Waals surface area contributed by atoms with Crippen molar-refractivity contribution in [1.82, 2.24) is 9.55 Å². The number of amides is 1. The summed E-state index contributed by atoms with van der Waals surface area (Å²) in [5.74, 6) is -0.394. The van der Waals surface area contributed by atoms with E-state index in [-0.39, 0.29) is 11.4 Å². The smallest absolute Gasteiger partial charge is 0.260 e. The Balaban J connectivity index is 2.03. The van der Waals surface area contributed by atoms with Crippen LogP contribution in [0.3, 0.4) is 0 Å². The zero-order chi connectivity index (χ0) is 19.6. The van der Waals surface area contributed by atoms with E-state index in [0.717, 1.165) is 16.6 Å². The molecule has 2 N–H and O–H groups in total. The van der Waals surface area contributed by atoms with Gasteiger partial charge in [-0.3, -0.25) is 14.2 Å². The number of aromatic nitrogens is 2. The summed E-state index contributed by atoms with van der Waals surface area (Å²) in [6, 6.07) is 12.8. The van der Waals surface area contributed by atoms with E-state index in [9.17, 15) is 9.59 Å². The number of carbonyl (C=O) groups excluding carboxylic acids is 2. The SMILES string of the molecule is COc1ccccc1NC(=O)/C(=C\n1c(=S)[nH]c2cc(C)ccc21)C(C)=O. The molecule has 0 bridgehead atoms. The summed E-state index contributed by atoms with van der Waals surface area (Å²) in [6.45, 7) is 3.32. The normalized spacial score (nSPS) is 11.4. The van der Waals surface area contributed by atoms with Crippen molar-refractivity contribution in [3.05, 3.63) is 58.4 Å². The largest absolute Gasteiger partial charge is 0.495 e. The van der Waals surface area contributed by atoms with Crippen molar-refractivity contribution in [3.8, 4) is 5.75 Å². The van der Waals surface area contributed by atoms with Crippen LogP contribution in [0.15, 0.2) is 48.0 Å². The van der Waals surface area contributed by atoms with Gasteiger partial charge in [-0.2, -0.15) is 0 Å². The third kappa shape index (κ3) is 3.83. The Bertz CT molecular complexity index is 1120. The Kier molecular flexibility index (Phi) is 5.23. The standard InChI is InChI=1S/C20H19N3O3S/c1-12-8-9-17-16(10-12)22-20(27)23(17)11-14(13(2)24)19(25)21-15-6-4-5-7-18(15)26-3/h4-11H,1-3H3,(H,21,25)(H,22,27)/b14-11-. The van der Waals surface area contributed by atoms with Crippen LogP contribution in [0.25, 0.3) is 17.2 Å². The molecule has 0 saturated heterocycles. The Morgan fingerprint density at radius 2 is 1.96 bits per heavy atom. The first-order chi connectivity index (χ1) is 12.9. The summed E-state index contributed by atoms with van der Waals surface area (Å²) in [6.07, 6.45) is 1.46. The average Bonchev–Trinajstić information content (AvgIpc) is 2.93. The molecule has 27 heavy (non-hydrogen) atoms. The monoisotopic (exact) mass is 381 g/mol. The molecule has 0 saturated carbocycles. The summed E-state index contributed by atoms with van der Waals surface area (Å²) in [4.78, 5) is 28.0. The average molecular weight is 381 g/mol. The van der Waals surface area contributed by atoms with Crippen LogP contribution >= 0.6 is 12.2 Å². The van der Waals surface area contributed by atoms with E-state index in [0.29, 0.717) is 16.2 Å². The lowest BCUT2D eigenvalue weighted by molar-refractivity contribution is -0.118. The minimum absolute atomic E-state index is 0.0153. The number of anilines is 1. The first kappa shape index (κ1) is 18.6. The first-order valence-corrected chi connectivity index (χ1v) is 8.69. The number of aryl methyl sites for hydroxylation is 1. The van der Waals surface area contributed by atoms with E-state index in [1.54, 1.807) is 28.8 Å². The number of hydrogen-bond donors (Lipinski definition) is 2. The van der Waals surface area contributed by atoms with E-state index < -0.39 is 5.91 Å². The van der Waals surface area contributed by atoms with E-state index in [4.69, 9.17) is 17.0 Å². The van der Waals surface area contributed by atoms with Gasteiger partial charge in [-0.05, 0) is 55.9 Å². The molecule has 3 rings (SSSR count). The third-order valence-electron chi connectivity index (χ3n) is 4.11. The van der Waals surface area contributed by atoms with E-state index >= 15 is 0 Å². The Hall–Kier alpha value is -3.19. The number of aromatic amines is 1.